The van der Waals surface area contributed by atoms with Crippen molar-refractivity contribution in [3.63, 3.8) is 0 Å². The van der Waals surface area contributed by atoms with E-state index >= 15 is 0 Å². The highest BCUT2D eigenvalue weighted by atomic mass is 16.2. The van der Waals surface area contributed by atoms with Crippen molar-refractivity contribution in [3.8, 4) is 0 Å². The molecular formula is C32H35N5O. The Morgan fingerprint density at radius 3 is 2.39 bits per heavy atom. The molecule has 194 valence electrons. The van der Waals surface area contributed by atoms with Gasteiger partial charge in [-0.05, 0) is 43.9 Å². The van der Waals surface area contributed by atoms with Crippen molar-refractivity contribution in [1.29, 1.82) is 0 Å². The van der Waals surface area contributed by atoms with E-state index in [1.807, 2.05) is 61.8 Å². The minimum atomic E-state index is -0.168. The summed E-state index contributed by atoms with van der Waals surface area (Å²) >= 11 is 0. The molecule has 6 rings (SSSR count). The molecule has 2 N–H and O–H groups in total. The molecule has 2 fully saturated rings. The Balaban J connectivity index is 1.13. The summed E-state index contributed by atoms with van der Waals surface area (Å²) in [5.74, 6) is 0. The van der Waals surface area contributed by atoms with E-state index in [4.69, 9.17) is 0 Å². The predicted molar refractivity (Wildman–Crippen MR) is 155 cm³/mol. The Hall–Kier alpha value is -3.90. The van der Waals surface area contributed by atoms with E-state index in [1.54, 1.807) is 0 Å². The fourth-order valence-electron chi connectivity index (χ4n) is 6.15. The minimum Gasteiger partial charge on any atom is -0.367 e. The van der Waals surface area contributed by atoms with E-state index < -0.39 is 0 Å². The van der Waals surface area contributed by atoms with Crippen molar-refractivity contribution in [2.24, 2.45) is 0 Å². The van der Waals surface area contributed by atoms with Crippen LogP contribution in [-0.4, -0.2) is 47.6 Å². The van der Waals surface area contributed by atoms with Crippen LogP contribution < -0.4 is 15.5 Å². The van der Waals surface area contributed by atoms with Crippen molar-refractivity contribution in [3.05, 3.63) is 102 Å². The summed E-state index contributed by atoms with van der Waals surface area (Å²) in [5, 5.41) is 8.72. The number of amides is 2. The van der Waals surface area contributed by atoms with Gasteiger partial charge in [-0.2, -0.15) is 0 Å². The smallest absolute Gasteiger partial charge is 0.319 e. The molecule has 2 saturated heterocycles. The third-order valence-electron chi connectivity index (χ3n) is 8.11. The number of rotatable bonds is 7. The second kappa shape index (κ2) is 10.8. The van der Waals surface area contributed by atoms with Crippen LogP contribution in [0.15, 0.2) is 91.3 Å². The highest BCUT2D eigenvalue weighted by molar-refractivity contribution is 5.93. The van der Waals surface area contributed by atoms with Gasteiger partial charge in [0, 0.05) is 54.4 Å². The zero-order valence-electron chi connectivity index (χ0n) is 21.9. The van der Waals surface area contributed by atoms with Gasteiger partial charge in [0.05, 0.1) is 17.9 Å². The molecule has 3 aromatic carbocycles. The molecule has 6 heteroatoms. The highest BCUT2D eigenvalue weighted by Gasteiger charge is 2.40. The predicted octanol–water partition coefficient (Wildman–Crippen LogP) is 6.15. The van der Waals surface area contributed by atoms with Gasteiger partial charge in [0.2, 0.25) is 0 Å². The van der Waals surface area contributed by atoms with Gasteiger partial charge in [-0.1, -0.05) is 72.3 Å². The second-order valence-electron chi connectivity index (χ2n) is 10.6. The molecule has 38 heavy (non-hydrogen) atoms. The Morgan fingerprint density at radius 2 is 1.63 bits per heavy atom. The Bertz CT molecular complexity index is 1370. The number of aromatic nitrogens is 1. The number of anilines is 2. The summed E-state index contributed by atoms with van der Waals surface area (Å²) in [6, 6.07) is 27.6. The second-order valence-corrected chi connectivity index (χ2v) is 10.6. The number of carbonyl (C=O) groups excluding carboxylic acids is 1. The molecule has 2 aliphatic rings. The molecule has 2 bridgehead atoms. The zero-order chi connectivity index (χ0) is 25.9. The van der Waals surface area contributed by atoms with Crippen LogP contribution in [0.4, 0.5) is 16.2 Å². The number of hydrogen-bond donors (Lipinski definition) is 2. The number of hydrogen-bond acceptors (Lipinski definition) is 4. The minimum absolute atomic E-state index is 0.0543. The first kappa shape index (κ1) is 24.4. The Morgan fingerprint density at radius 1 is 0.921 bits per heavy atom. The largest absolute Gasteiger partial charge is 0.367 e. The lowest BCUT2D eigenvalue weighted by Crippen LogP contribution is -2.54. The maximum Gasteiger partial charge on any atom is 0.319 e. The van der Waals surface area contributed by atoms with Crippen LogP contribution in [0.5, 0.6) is 0 Å². The van der Waals surface area contributed by atoms with Gasteiger partial charge in [0.25, 0.3) is 0 Å². The van der Waals surface area contributed by atoms with Crippen LogP contribution in [0.1, 0.15) is 36.4 Å². The number of carbonyl (C=O) groups is 1. The van der Waals surface area contributed by atoms with Crippen molar-refractivity contribution >= 4 is 28.2 Å². The van der Waals surface area contributed by atoms with Crippen LogP contribution in [-0.2, 0) is 0 Å². The Labute approximate surface area is 224 Å². The molecule has 2 amide bonds. The lowest BCUT2D eigenvalue weighted by molar-refractivity contribution is 0.161. The summed E-state index contributed by atoms with van der Waals surface area (Å²) in [6.07, 6.45) is 7.29. The SMILES string of the molecule is Cc1ccc(NC(=O)N[C@@H](CCN2[C@@H]3CC[C@@H]2CN(c2cncc4ccccc24)C3)c2ccccc2)cc1. The number of benzene rings is 3. The van der Waals surface area contributed by atoms with Crippen LogP contribution in [0.2, 0.25) is 0 Å². The summed E-state index contributed by atoms with van der Waals surface area (Å²) < 4.78 is 0. The quantitative estimate of drug-likeness (QED) is 0.316. The molecule has 3 atom stereocenters. The average molecular weight is 506 g/mol. The van der Waals surface area contributed by atoms with Crippen molar-refractivity contribution in [2.45, 2.75) is 44.3 Å². The van der Waals surface area contributed by atoms with Crippen molar-refractivity contribution in [2.75, 3.05) is 29.9 Å². The number of nitrogens with zero attached hydrogens (tertiary/aromatic N) is 3. The summed E-state index contributed by atoms with van der Waals surface area (Å²) in [6.45, 7) is 5.04. The van der Waals surface area contributed by atoms with E-state index in [0.29, 0.717) is 12.1 Å². The monoisotopic (exact) mass is 505 g/mol. The summed E-state index contributed by atoms with van der Waals surface area (Å²) in [5.41, 5.74) is 4.36. The fraction of sp³-hybridized carbons (Fsp3) is 0.312. The van der Waals surface area contributed by atoms with E-state index in [-0.39, 0.29) is 12.1 Å². The standard InChI is InChI=1S/C32H35N5O/c1-23-11-13-26(14-12-23)34-32(38)35-30(24-7-3-2-4-8-24)17-18-37-27-15-16-28(37)22-36(21-27)31-20-33-19-25-9-5-6-10-29(25)31/h2-14,19-20,27-28,30H,15-18,21-22H2,1H3,(H2,34,35,38)/t27-,28-,30+/m1/s1. The topological polar surface area (TPSA) is 60.5 Å². The number of piperazine rings is 1. The van der Waals surface area contributed by atoms with Gasteiger partial charge in [-0.25, -0.2) is 4.79 Å². The molecule has 1 aromatic heterocycles. The first-order chi connectivity index (χ1) is 18.6. The van der Waals surface area contributed by atoms with E-state index in [9.17, 15) is 4.79 Å². The molecular weight excluding hydrogens is 470 g/mol. The molecule has 0 aliphatic carbocycles. The molecule has 0 radical (unpaired) electrons. The maximum absolute atomic E-state index is 12.9. The molecule has 6 nitrogen and oxygen atoms in total. The lowest BCUT2D eigenvalue weighted by Gasteiger charge is -2.42. The van der Waals surface area contributed by atoms with Gasteiger partial charge in [0.1, 0.15) is 0 Å². The highest BCUT2D eigenvalue weighted by Crippen LogP contribution is 2.35. The first-order valence-corrected chi connectivity index (χ1v) is 13.7. The number of nitrogens with one attached hydrogen (secondary N) is 2. The van der Waals surface area contributed by atoms with Crippen LogP contribution >= 0.6 is 0 Å². The van der Waals surface area contributed by atoms with Crippen molar-refractivity contribution in [1.82, 2.24) is 15.2 Å². The number of fused-ring (bicyclic) bond motifs is 3. The van der Waals surface area contributed by atoms with Gasteiger partial charge in [-0.3, -0.25) is 9.88 Å². The lowest BCUT2D eigenvalue weighted by atomic mass is 10.0. The van der Waals surface area contributed by atoms with E-state index in [2.05, 4.69) is 61.8 Å². The number of urea groups is 1. The molecule has 0 unspecified atom stereocenters. The van der Waals surface area contributed by atoms with Crippen molar-refractivity contribution < 1.29 is 4.79 Å². The van der Waals surface area contributed by atoms with Gasteiger partial charge >= 0.3 is 6.03 Å². The van der Waals surface area contributed by atoms with E-state index in [0.717, 1.165) is 37.3 Å². The molecule has 0 saturated carbocycles. The summed E-state index contributed by atoms with van der Waals surface area (Å²) in [4.78, 5) is 22.7. The number of pyridine rings is 1. The van der Waals surface area contributed by atoms with Gasteiger partial charge in [0.15, 0.2) is 0 Å². The molecule has 0 spiro atoms. The fourth-order valence-corrected chi connectivity index (χ4v) is 6.15. The summed E-state index contributed by atoms with van der Waals surface area (Å²) in [7, 11) is 0. The van der Waals surface area contributed by atoms with Gasteiger partial charge < -0.3 is 15.5 Å². The molecule has 2 aliphatic heterocycles. The van der Waals surface area contributed by atoms with Crippen LogP contribution in [0, 0.1) is 6.92 Å². The maximum atomic E-state index is 12.9. The average Bonchev–Trinajstić information content (AvgIpc) is 3.18. The van der Waals surface area contributed by atoms with Crippen LogP contribution in [0.25, 0.3) is 10.8 Å². The van der Waals surface area contributed by atoms with Crippen LogP contribution in [0.3, 0.4) is 0 Å². The third kappa shape index (κ3) is 5.22. The first-order valence-electron chi connectivity index (χ1n) is 13.7. The Kier molecular flexibility index (Phi) is 6.97. The molecule has 4 aromatic rings. The normalized spacial score (nSPS) is 19.9. The zero-order valence-corrected chi connectivity index (χ0v) is 21.9. The molecule has 3 heterocycles. The number of aryl methyl sites for hydroxylation is 1. The van der Waals surface area contributed by atoms with Gasteiger partial charge in [-0.15, -0.1) is 0 Å². The van der Waals surface area contributed by atoms with E-state index in [1.165, 1.54) is 34.9 Å². The third-order valence-corrected chi connectivity index (χ3v) is 8.11.